The summed E-state index contributed by atoms with van der Waals surface area (Å²) in [6, 6.07) is 19.4. The van der Waals surface area contributed by atoms with E-state index in [0.717, 1.165) is 35.0 Å². The Hall–Kier alpha value is -3.21. The molecule has 3 aromatic rings. The third-order valence-electron chi connectivity index (χ3n) is 4.11. The van der Waals surface area contributed by atoms with E-state index in [9.17, 15) is 4.79 Å². The summed E-state index contributed by atoms with van der Waals surface area (Å²) in [5.41, 5.74) is 9.42. The minimum absolute atomic E-state index is 0.432. The lowest BCUT2D eigenvalue weighted by molar-refractivity contribution is 0.160. The van der Waals surface area contributed by atoms with E-state index < -0.39 is 6.09 Å². The first-order chi connectivity index (χ1) is 12.7. The normalized spacial score (nSPS) is 10.5. The van der Waals surface area contributed by atoms with Crippen LogP contribution in [0.5, 0.6) is 0 Å². The molecule has 0 saturated carbocycles. The molecule has 1 amide bonds. The van der Waals surface area contributed by atoms with Gasteiger partial charge >= 0.3 is 6.09 Å². The van der Waals surface area contributed by atoms with Gasteiger partial charge in [0.2, 0.25) is 0 Å². The van der Waals surface area contributed by atoms with Crippen molar-refractivity contribution in [3.8, 4) is 0 Å². The number of unbranched alkanes of at least 4 members (excludes halogenated alkanes) is 1. The summed E-state index contributed by atoms with van der Waals surface area (Å²) in [5, 5.41) is 8.16. The van der Waals surface area contributed by atoms with Gasteiger partial charge in [-0.15, -0.1) is 0 Å². The summed E-state index contributed by atoms with van der Waals surface area (Å²) in [6.07, 6.45) is 1.42. The largest absolute Gasteiger partial charge is 0.449 e. The Morgan fingerprint density at radius 1 is 1.00 bits per heavy atom. The lowest BCUT2D eigenvalue weighted by Crippen LogP contribution is -2.14. The lowest BCUT2D eigenvalue weighted by Gasteiger charge is -2.12. The molecule has 5 nitrogen and oxygen atoms in total. The lowest BCUT2D eigenvalue weighted by atomic mass is 10.1. The Morgan fingerprint density at radius 3 is 2.50 bits per heavy atom. The number of hydrogen-bond donors (Lipinski definition) is 3. The van der Waals surface area contributed by atoms with Crippen LogP contribution < -0.4 is 16.4 Å². The van der Waals surface area contributed by atoms with Crippen molar-refractivity contribution in [3.05, 3.63) is 60.7 Å². The van der Waals surface area contributed by atoms with Gasteiger partial charge in [0.25, 0.3) is 0 Å². The van der Waals surface area contributed by atoms with Crippen molar-refractivity contribution < 1.29 is 9.53 Å². The number of nitrogen functional groups attached to an aromatic ring is 1. The minimum atomic E-state index is -0.432. The number of carbonyl (C=O) groups is 1. The maximum atomic E-state index is 11.7. The zero-order chi connectivity index (χ0) is 18.4. The fourth-order valence-electron chi connectivity index (χ4n) is 2.66. The Balaban J connectivity index is 1.66. The SMILES string of the molecule is CCCCOC(=O)Nc1ccc(Nc2ccc3ccccc3c2N)cc1. The number of nitrogens with one attached hydrogen (secondary N) is 2. The first kappa shape index (κ1) is 17.6. The van der Waals surface area contributed by atoms with E-state index in [1.165, 1.54) is 0 Å². The van der Waals surface area contributed by atoms with Crippen molar-refractivity contribution in [2.75, 3.05) is 23.0 Å². The highest BCUT2D eigenvalue weighted by molar-refractivity contribution is 5.99. The van der Waals surface area contributed by atoms with E-state index in [2.05, 4.69) is 17.6 Å². The van der Waals surface area contributed by atoms with Crippen LogP contribution >= 0.6 is 0 Å². The molecule has 0 heterocycles. The molecule has 0 fully saturated rings. The molecule has 0 aliphatic rings. The number of hydrogen-bond acceptors (Lipinski definition) is 4. The van der Waals surface area contributed by atoms with Crippen LogP contribution in [-0.4, -0.2) is 12.7 Å². The number of carbonyl (C=O) groups excluding carboxylic acids is 1. The summed E-state index contributed by atoms with van der Waals surface area (Å²) < 4.78 is 5.09. The fourth-order valence-corrected chi connectivity index (χ4v) is 2.66. The number of benzene rings is 3. The predicted molar refractivity (Wildman–Crippen MR) is 108 cm³/mol. The van der Waals surface area contributed by atoms with Crippen molar-refractivity contribution in [3.63, 3.8) is 0 Å². The molecule has 134 valence electrons. The molecule has 0 aromatic heterocycles. The summed E-state index contributed by atoms with van der Waals surface area (Å²) >= 11 is 0. The molecule has 0 aliphatic carbocycles. The van der Waals surface area contributed by atoms with Gasteiger partial charge in [0.15, 0.2) is 0 Å². The van der Waals surface area contributed by atoms with E-state index in [1.807, 2.05) is 60.7 Å². The van der Waals surface area contributed by atoms with Crippen molar-refractivity contribution in [1.29, 1.82) is 0 Å². The van der Waals surface area contributed by atoms with Gasteiger partial charge in [0.05, 0.1) is 18.0 Å². The third-order valence-corrected chi connectivity index (χ3v) is 4.11. The Morgan fingerprint density at radius 2 is 1.73 bits per heavy atom. The third kappa shape index (κ3) is 4.25. The van der Waals surface area contributed by atoms with Crippen LogP contribution in [-0.2, 0) is 4.74 Å². The van der Waals surface area contributed by atoms with Crippen LogP contribution in [0.25, 0.3) is 10.8 Å². The van der Waals surface area contributed by atoms with Crippen molar-refractivity contribution >= 4 is 39.6 Å². The van der Waals surface area contributed by atoms with Crippen LogP contribution in [0.1, 0.15) is 19.8 Å². The van der Waals surface area contributed by atoms with Crippen LogP contribution in [0.2, 0.25) is 0 Å². The first-order valence-electron chi connectivity index (χ1n) is 8.75. The molecule has 0 atom stereocenters. The van der Waals surface area contributed by atoms with Gasteiger partial charge in [-0.05, 0) is 42.1 Å². The standard InChI is InChI=1S/C21H23N3O2/c1-2-3-14-26-21(25)24-17-11-9-16(10-12-17)23-19-13-8-15-6-4-5-7-18(15)20(19)22/h4-13,23H,2-3,14,22H2,1H3,(H,24,25). The topological polar surface area (TPSA) is 76.4 Å². The van der Waals surface area contributed by atoms with Gasteiger partial charge in [0.1, 0.15) is 0 Å². The highest BCUT2D eigenvalue weighted by Gasteiger charge is 2.06. The number of amides is 1. The zero-order valence-electron chi connectivity index (χ0n) is 14.8. The maximum Gasteiger partial charge on any atom is 0.411 e. The smallest absolute Gasteiger partial charge is 0.411 e. The summed E-state index contributed by atoms with van der Waals surface area (Å²) in [4.78, 5) is 11.7. The second kappa shape index (κ2) is 8.25. The van der Waals surface area contributed by atoms with Crippen LogP contribution in [0.4, 0.5) is 27.5 Å². The average molecular weight is 349 g/mol. The molecule has 3 rings (SSSR count). The quantitative estimate of drug-likeness (QED) is 0.405. The van der Waals surface area contributed by atoms with Gasteiger partial charge in [0, 0.05) is 16.8 Å². The molecule has 0 spiro atoms. The van der Waals surface area contributed by atoms with E-state index in [4.69, 9.17) is 10.5 Å². The average Bonchev–Trinajstić information content (AvgIpc) is 2.66. The molecular weight excluding hydrogens is 326 g/mol. The number of fused-ring (bicyclic) bond motifs is 1. The minimum Gasteiger partial charge on any atom is -0.449 e. The summed E-state index contributed by atoms with van der Waals surface area (Å²) in [6.45, 7) is 2.48. The Kier molecular flexibility index (Phi) is 5.59. The number of ether oxygens (including phenoxy) is 1. The monoisotopic (exact) mass is 349 g/mol. The highest BCUT2D eigenvalue weighted by Crippen LogP contribution is 2.31. The molecule has 3 aromatic carbocycles. The maximum absolute atomic E-state index is 11.7. The van der Waals surface area contributed by atoms with Gasteiger partial charge < -0.3 is 15.8 Å². The molecule has 4 N–H and O–H groups in total. The van der Waals surface area contributed by atoms with Crippen LogP contribution in [0.3, 0.4) is 0 Å². The second-order valence-electron chi connectivity index (χ2n) is 6.06. The highest BCUT2D eigenvalue weighted by atomic mass is 16.5. The summed E-state index contributed by atoms with van der Waals surface area (Å²) in [5.74, 6) is 0. The van der Waals surface area contributed by atoms with E-state index in [0.29, 0.717) is 18.0 Å². The molecular formula is C21H23N3O2. The Labute approximate surface area is 153 Å². The molecule has 0 aliphatic heterocycles. The number of rotatable bonds is 6. The molecule has 0 bridgehead atoms. The Bertz CT molecular complexity index is 891. The van der Waals surface area contributed by atoms with E-state index in [-0.39, 0.29) is 0 Å². The van der Waals surface area contributed by atoms with Crippen LogP contribution in [0.15, 0.2) is 60.7 Å². The van der Waals surface area contributed by atoms with Crippen LogP contribution in [0, 0.1) is 0 Å². The molecule has 0 unspecified atom stereocenters. The van der Waals surface area contributed by atoms with Crippen molar-refractivity contribution in [1.82, 2.24) is 0 Å². The summed E-state index contributed by atoms with van der Waals surface area (Å²) in [7, 11) is 0. The molecule has 0 radical (unpaired) electrons. The van der Waals surface area contributed by atoms with Gasteiger partial charge in [-0.1, -0.05) is 43.7 Å². The van der Waals surface area contributed by atoms with Gasteiger partial charge in [-0.2, -0.15) is 0 Å². The predicted octanol–water partition coefficient (Wildman–Crippen LogP) is 5.51. The first-order valence-corrected chi connectivity index (χ1v) is 8.75. The van der Waals surface area contributed by atoms with Crippen molar-refractivity contribution in [2.45, 2.75) is 19.8 Å². The molecule has 0 saturated heterocycles. The van der Waals surface area contributed by atoms with Gasteiger partial charge in [-0.3, -0.25) is 5.32 Å². The fraction of sp³-hybridized carbons (Fsp3) is 0.190. The molecule has 26 heavy (non-hydrogen) atoms. The zero-order valence-corrected chi connectivity index (χ0v) is 14.8. The van der Waals surface area contributed by atoms with E-state index >= 15 is 0 Å². The molecule has 5 heteroatoms. The number of nitrogens with two attached hydrogens (primary N) is 1. The van der Waals surface area contributed by atoms with Crippen molar-refractivity contribution in [2.24, 2.45) is 0 Å². The second-order valence-corrected chi connectivity index (χ2v) is 6.06. The van der Waals surface area contributed by atoms with E-state index in [1.54, 1.807) is 0 Å². The van der Waals surface area contributed by atoms with Gasteiger partial charge in [-0.25, -0.2) is 4.79 Å². The number of anilines is 4.